The molecule has 1 fully saturated rings. The SMILES string of the molecule is CCCCn1nc(C(=O)OCC(=O)c2cc(C)n(C3CC3)c2C)ccc1=O. The number of rotatable bonds is 8. The van der Waals surface area contributed by atoms with Crippen LogP contribution in [0.3, 0.4) is 0 Å². The zero-order chi connectivity index (χ0) is 19.6. The van der Waals surface area contributed by atoms with E-state index in [2.05, 4.69) is 9.67 Å². The number of aromatic nitrogens is 3. The van der Waals surface area contributed by atoms with Crippen molar-refractivity contribution in [3.63, 3.8) is 0 Å². The summed E-state index contributed by atoms with van der Waals surface area (Å²) in [6, 6.07) is 4.97. The largest absolute Gasteiger partial charge is 0.453 e. The summed E-state index contributed by atoms with van der Waals surface area (Å²) in [6.45, 7) is 6.02. The molecule has 144 valence electrons. The molecule has 0 aliphatic heterocycles. The van der Waals surface area contributed by atoms with Crippen LogP contribution >= 0.6 is 0 Å². The van der Waals surface area contributed by atoms with E-state index < -0.39 is 5.97 Å². The fourth-order valence-corrected chi connectivity index (χ4v) is 3.26. The van der Waals surface area contributed by atoms with Crippen molar-refractivity contribution in [2.75, 3.05) is 6.61 Å². The van der Waals surface area contributed by atoms with Crippen LogP contribution in [0.5, 0.6) is 0 Å². The second-order valence-electron chi connectivity index (χ2n) is 7.02. The Morgan fingerprint density at radius 3 is 2.67 bits per heavy atom. The van der Waals surface area contributed by atoms with E-state index >= 15 is 0 Å². The lowest BCUT2D eigenvalue weighted by molar-refractivity contribution is 0.0466. The highest BCUT2D eigenvalue weighted by Gasteiger charge is 2.28. The number of aryl methyl sites for hydroxylation is 2. The number of esters is 1. The molecule has 0 N–H and O–H groups in total. The first-order valence-corrected chi connectivity index (χ1v) is 9.39. The van der Waals surface area contributed by atoms with Crippen LogP contribution in [0.1, 0.15) is 70.9 Å². The topological polar surface area (TPSA) is 83.2 Å². The van der Waals surface area contributed by atoms with Gasteiger partial charge in [-0.05, 0) is 45.2 Å². The molecule has 2 heterocycles. The maximum Gasteiger partial charge on any atom is 0.359 e. The van der Waals surface area contributed by atoms with Crippen LogP contribution in [0.4, 0.5) is 0 Å². The first-order chi connectivity index (χ1) is 12.9. The molecule has 0 unspecified atom stereocenters. The van der Waals surface area contributed by atoms with Crippen molar-refractivity contribution < 1.29 is 14.3 Å². The van der Waals surface area contributed by atoms with E-state index in [0.29, 0.717) is 18.2 Å². The van der Waals surface area contributed by atoms with Crippen molar-refractivity contribution in [1.29, 1.82) is 0 Å². The zero-order valence-corrected chi connectivity index (χ0v) is 16.0. The summed E-state index contributed by atoms with van der Waals surface area (Å²) in [5, 5.41) is 4.04. The number of hydrogen-bond acceptors (Lipinski definition) is 5. The molecule has 3 rings (SSSR count). The van der Waals surface area contributed by atoms with Crippen LogP contribution in [-0.2, 0) is 11.3 Å². The van der Waals surface area contributed by atoms with Gasteiger partial charge in [-0.1, -0.05) is 13.3 Å². The van der Waals surface area contributed by atoms with Gasteiger partial charge in [-0.2, -0.15) is 5.10 Å². The van der Waals surface area contributed by atoms with E-state index in [1.54, 1.807) is 0 Å². The molecule has 0 atom stereocenters. The van der Waals surface area contributed by atoms with Gasteiger partial charge in [-0.15, -0.1) is 0 Å². The summed E-state index contributed by atoms with van der Waals surface area (Å²) in [7, 11) is 0. The van der Waals surface area contributed by atoms with Gasteiger partial charge in [0.15, 0.2) is 12.3 Å². The minimum absolute atomic E-state index is 0.0296. The van der Waals surface area contributed by atoms with Crippen molar-refractivity contribution in [3.8, 4) is 0 Å². The van der Waals surface area contributed by atoms with Gasteiger partial charge >= 0.3 is 5.97 Å². The monoisotopic (exact) mass is 371 g/mol. The Labute approximate surface area is 157 Å². The predicted octanol–water partition coefficient (Wildman–Crippen LogP) is 2.84. The minimum Gasteiger partial charge on any atom is -0.453 e. The van der Waals surface area contributed by atoms with Gasteiger partial charge < -0.3 is 9.30 Å². The number of ketones is 1. The summed E-state index contributed by atoms with van der Waals surface area (Å²) in [6.07, 6.45) is 3.98. The number of carbonyl (C=O) groups excluding carboxylic acids is 2. The van der Waals surface area contributed by atoms with E-state index in [-0.39, 0.29) is 23.6 Å². The van der Waals surface area contributed by atoms with Crippen LogP contribution in [-0.4, -0.2) is 32.7 Å². The summed E-state index contributed by atoms with van der Waals surface area (Å²) >= 11 is 0. The van der Waals surface area contributed by atoms with Crippen LogP contribution in [0.2, 0.25) is 0 Å². The van der Waals surface area contributed by atoms with Crippen molar-refractivity contribution in [3.05, 3.63) is 51.2 Å². The molecule has 1 aliphatic rings. The standard InChI is InChI=1S/C20H25N3O4/c1-4-5-10-22-19(25)9-8-17(21-22)20(26)27-12-18(24)16-11-13(2)23(14(16)3)15-6-7-15/h8-9,11,15H,4-7,10,12H2,1-3H3. The molecule has 0 aromatic carbocycles. The molecule has 0 saturated heterocycles. The Hall–Kier alpha value is -2.70. The lowest BCUT2D eigenvalue weighted by atomic mass is 10.1. The van der Waals surface area contributed by atoms with Crippen LogP contribution in [0.15, 0.2) is 23.0 Å². The average Bonchev–Trinajstić information content (AvgIpc) is 3.43. The minimum atomic E-state index is -0.704. The lowest BCUT2D eigenvalue weighted by Gasteiger charge is -2.08. The lowest BCUT2D eigenvalue weighted by Crippen LogP contribution is -2.25. The third-order valence-electron chi connectivity index (χ3n) is 4.83. The molecule has 1 aliphatic carbocycles. The Morgan fingerprint density at radius 2 is 2.00 bits per heavy atom. The molecule has 7 heteroatoms. The van der Waals surface area contributed by atoms with Crippen LogP contribution in [0, 0.1) is 13.8 Å². The van der Waals surface area contributed by atoms with Crippen molar-refractivity contribution in [1.82, 2.24) is 14.3 Å². The maximum atomic E-state index is 12.5. The molecular formula is C20H25N3O4. The highest BCUT2D eigenvalue weighted by atomic mass is 16.5. The number of carbonyl (C=O) groups is 2. The fraction of sp³-hybridized carbons (Fsp3) is 0.500. The van der Waals surface area contributed by atoms with Gasteiger partial charge in [0.1, 0.15) is 0 Å². The van der Waals surface area contributed by atoms with E-state index in [1.807, 2.05) is 26.8 Å². The number of nitrogens with zero attached hydrogens (tertiary/aromatic N) is 3. The van der Waals surface area contributed by atoms with Gasteiger partial charge in [0.2, 0.25) is 5.78 Å². The van der Waals surface area contributed by atoms with E-state index in [4.69, 9.17) is 4.74 Å². The van der Waals surface area contributed by atoms with Gasteiger partial charge in [0.05, 0.1) is 0 Å². The third-order valence-corrected chi connectivity index (χ3v) is 4.83. The number of unbranched alkanes of at least 4 members (excludes halogenated alkanes) is 1. The molecule has 2 aromatic rings. The highest BCUT2D eigenvalue weighted by Crippen LogP contribution is 2.38. The van der Waals surface area contributed by atoms with Gasteiger partial charge in [0, 0.05) is 35.6 Å². The van der Waals surface area contributed by atoms with Crippen molar-refractivity contribution in [2.24, 2.45) is 0 Å². The first-order valence-electron chi connectivity index (χ1n) is 9.39. The Bertz CT molecular complexity index is 922. The van der Waals surface area contributed by atoms with Crippen LogP contribution in [0.25, 0.3) is 0 Å². The molecular weight excluding hydrogens is 346 g/mol. The first kappa shape index (κ1) is 19.1. The third kappa shape index (κ3) is 4.18. The number of hydrogen-bond donors (Lipinski definition) is 0. The second kappa shape index (κ2) is 7.90. The van der Waals surface area contributed by atoms with E-state index in [9.17, 15) is 14.4 Å². The van der Waals surface area contributed by atoms with Crippen LogP contribution < -0.4 is 5.56 Å². The Balaban J connectivity index is 1.66. The highest BCUT2D eigenvalue weighted by molar-refractivity contribution is 6.00. The summed E-state index contributed by atoms with van der Waals surface area (Å²) in [5.41, 5.74) is 2.33. The van der Waals surface area contributed by atoms with Gasteiger partial charge in [-0.25, -0.2) is 9.48 Å². The van der Waals surface area contributed by atoms with E-state index in [1.165, 1.54) is 16.8 Å². The molecule has 0 bridgehead atoms. The smallest absolute Gasteiger partial charge is 0.359 e. The molecule has 0 radical (unpaired) electrons. The zero-order valence-electron chi connectivity index (χ0n) is 16.0. The Kier molecular flexibility index (Phi) is 5.58. The quantitative estimate of drug-likeness (QED) is 0.526. The second-order valence-corrected chi connectivity index (χ2v) is 7.02. The fourth-order valence-electron chi connectivity index (χ4n) is 3.26. The van der Waals surface area contributed by atoms with Crippen molar-refractivity contribution in [2.45, 2.75) is 59.0 Å². The molecule has 27 heavy (non-hydrogen) atoms. The summed E-state index contributed by atoms with van der Waals surface area (Å²) in [4.78, 5) is 36.5. The van der Waals surface area contributed by atoms with E-state index in [0.717, 1.165) is 37.1 Å². The molecule has 7 nitrogen and oxygen atoms in total. The van der Waals surface area contributed by atoms with Gasteiger partial charge in [-0.3, -0.25) is 9.59 Å². The molecule has 1 saturated carbocycles. The number of ether oxygens (including phenoxy) is 1. The maximum absolute atomic E-state index is 12.5. The average molecular weight is 371 g/mol. The molecule has 2 aromatic heterocycles. The Morgan fingerprint density at radius 1 is 1.26 bits per heavy atom. The normalized spacial score (nSPS) is 13.6. The number of Topliss-reactive ketones (excluding diaryl/α,β-unsaturated/α-hetero) is 1. The van der Waals surface area contributed by atoms with Gasteiger partial charge in [0.25, 0.3) is 5.56 Å². The summed E-state index contributed by atoms with van der Waals surface area (Å²) in [5.74, 6) is -0.938. The predicted molar refractivity (Wildman–Crippen MR) is 100 cm³/mol. The van der Waals surface area contributed by atoms with Crippen molar-refractivity contribution >= 4 is 11.8 Å². The molecule has 0 spiro atoms. The summed E-state index contributed by atoms with van der Waals surface area (Å²) < 4.78 is 8.58. The molecule has 0 amide bonds.